The number of fused-ring (bicyclic) bond motifs is 1. The normalized spacial score (nSPS) is 19.7. The van der Waals surface area contributed by atoms with Crippen molar-refractivity contribution >= 4 is 22.6 Å². The zero-order valence-corrected chi connectivity index (χ0v) is 21.8. The van der Waals surface area contributed by atoms with Crippen LogP contribution in [0.3, 0.4) is 0 Å². The third-order valence-corrected chi connectivity index (χ3v) is 7.65. The summed E-state index contributed by atoms with van der Waals surface area (Å²) in [4.78, 5) is 24.0. The first-order chi connectivity index (χ1) is 19.0. The summed E-state index contributed by atoms with van der Waals surface area (Å²) in [7, 11) is 1.74. The van der Waals surface area contributed by atoms with E-state index >= 15 is 0 Å². The number of hydrogen-bond donors (Lipinski definition) is 1. The van der Waals surface area contributed by atoms with Crippen molar-refractivity contribution in [2.45, 2.75) is 44.3 Å². The number of anilines is 1. The highest BCUT2D eigenvalue weighted by atomic mass is 19.3. The number of aryl methyl sites for hydroxylation is 1. The van der Waals surface area contributed by atoms with Crippen LogP contribution < -0.4 is 10.2 Å². The van der Waals surface area contributed by atoms with E-state index in [4.69, 9.17) is 9.72 Å². The average molecular weight is 536 g/mol. The Hall–Kier alpha value is -3.86. The Labute approximate surface area is 224 Å². The SMILES string of the molecule is Cn1c(C(=O)NCC(F)F)cc2ccc(-c3nccc(N4CCC(c5cnn(C6CCCCO6)c5)C4)n3)cc21. The number of ether oxygens (including phenoxy) is 1. The van der Waals surface area contributed by atoms with Crippen molar-refractivity contribution < 1.29 is 18.3 Å². The Morgan fingerprint density at radius 3 is 2.92 bits per heavy atom. The Kier molecular flexibility index (Phi) is 6.99. The molecule has 0 spiro atoms. The summed E-state index contributed by atoms with van der Waals surface area (Å²) < 4.78 is 34.6. The quantitative estimate of drug-likeness (QED) is 0.374. The van der Waals surface area contributed by atoms with Gasteiger partial charge in [0, 0.05) is 61.5 Å². The summed E-state index contributed by atoms with van der Waals surface area (Å²) in [5, 5.41) is 7.69. The lowest BCUT2D eigenvalue weighted by Gasteiger charge is -2.22. The summed E-state index contributed by atoms with van der Waals surface area (Å²) in [6, 6.07) is 9.36. The Morgan fingerprint density at radius 2 is 2.10 bits per heavy atom. The first-order valence-electron chi connectivity index (χ1n) is 13.4. The minimum absolute atomic E-state index is 0.0408. The predicted molar refractivity (Wildman–Crippen MR) is 143 cm³/mol. The second kappa shape index (κ2) is 10.7. The molecule has 2 aliphatic heterocycles. The van der Waals surface area contributed by atoms with Gasteiger partial charge in [-0.2, -0.15) is 5.10 Å². The van der Waals surface area contributed by atoms with Crippen LogP contribution in [0.5, 0.6) is 0 Å². The lowest BCUT2D eigenvalue weighted by atomic mass is 10.0. The largest absolute Gasteiger partial charge is 0.357 e. The highest BCUT2D eigenvalue weighted by Crippen LogP contribution is 2.32. The lowest BCUT2D eigenvalue weighted by molar-refractivity contribution is -0.0395. The molecular formula is C28H31F2N7O2. The van der Waals surface area contributed by atoms with Gasteiger partial charge in [0.15, 0.2) is 5.82 Å². The number of carbonyl (C=O) groups excluding carboxylic acids is 1. The maximum absolute atomic E-state index is 12.5. The number of rotatable bonds is 7. The third-order valence-electron chi connectivity index (χ3n) is 7.65. The van der Waals surface area contributed by atoms with Crippen LogP contribution in [0.25, 0.3) is 22.3 Å². The molecule has 1 N–H and O–H groups in total. The maximum Gasteiger partial charge on any atom is 0.268 e. The molecule has 204 valence electrons. The number of aromatic nitrogens is 5. The predicted octanol–water partition coefficient (Wildman–Crippen LogP) is 4.52. The molecule has 2 unspecified atom stereocenters. The molecule has 2 saturated heterocycles. The Bertz CT molecular complexity index is 1480. The van der Waals surface area contributed by atoms with Crippen LogP contribution in [0.2, 0.25) is 0 Å². The highest BCUT2D eigenvalue weighted by Gasteiger charge is 2.27. The van der Waals surface area contributed by atoms with Crippen molar-refractivity contribution in [3.63, 3.8) is 0 Å². The van der Waals surface area contributed by atoms with Gasteiger partial charge in [0.2, 0.25) is 0 Å². The molecule has 39 heavy (non-hydrogen) atoms. The number of carbonyl (C=O) groups is 1. The van der Waals surface area contributed by atoms with Gasteiger partial charge in [-0.3, -0.25) is 4.79 Å². The van der Waals surface area contributed by atoms with Crippen LogP contribution >= 0.6 is 0 Å². The van der Waals surface area contributed by atoms with Crippen LogP contribution in [0.15, 0.2) is 48.9 Å². The molecule has 0 radical (unpaired) electrons. The van der Waals surface area contributed by atoms with E-state index in [0.29, 0.717) is 17.4 Å². The highest BCUT2D eigenvalue weighted by molar-refractivity contribution is 5.99. The molecule has 2 aliphatic rings. The van der Waals surface area contributed by atoms with Crippen molar-refractivity contribution in [2.75, 3.05) is 31.1 Å². The monoisotopic (exact) mass is 535 g/mol. The van der Waals surface area contributed by atoms with E-state index in [2.05, 4.69) is 26.5 Å². The fourth-order valence-corrected chi connectivity index (χ4v) is 5.51. The first kappa shape index (κ1) is 25.4. The average Bonchev–Trinajstić information content (AvgIpc) is 3.71. The smallest absolute Gasteiger partial charge is 0.268 e. The van der Waals surface area contributed by atoms with Gasteiger partial charge in [-0.15, -0.1) is 0 Å². The standard InChI is InChI=1S/C28H31F2N7O2/c1-35-22-13-19(6-5-18(22)12-23(35)28(38)32-15-24(29)30)27-31-9-7-25(34-27)36-10-8-20(16-36)21-14-33-37(17-21)26-4-2-3-11-39-26/h5-7,9,12-14,17,20,24,26H,2-4,8,10-11,15-16H2,1H3,(H,32,38). The number of hydrogen-bond acceptors (Lipinski definition) is 6. The number of alkyl halides is 2. The molecule has 2 atom stereocenters. The van der Waals surface area contributed by atoms with E-state index in [1.165, 1.54) is 12.0 Å². The minimum atomic E-state index is -2.60. The first-order valence-corrected chi connectivity index (χ1v) is 13.4. The van der Waals surface area contributed by atoms with Crippen molar-refractivity contribution in [2.24, 2.45) is 7.05 Å². The minimum Gasteiger partial charge on any atom is -0.357 e. The zero-order chi connectivity index (χ0) is 26.9. The second-order valence-corrected chi connectivity index (χ2v) is 10.2. The molecule has 3 aromatic heterocycles. The molecule has 0 bridgehead atoms. The summed E-state index contributed by atoms with van der Waals surface area (Å²) in [5.41, 5.74) is 3.15. The summed E-state index contributed by atoms with van der Waals surface area (Å²) in [6.45, 7) is 1.85. The van der Waals surface area contributed by atoms with Crippen LogP contribution in [-0.4, -0.2) is 62.9 Å². The summed E-state index contributed by atoms with van der Waals surface area (Å²) >= 11 is 0. The topological polar surface area (TPSA) is 90.1 Å². The molecule has 1 aromatic carbocycles. The third kappa shape index (κ3) is 5.23. The van der Waals surface area contributed by atoms with Crippen LogP contribution in [-0.2, 0) is 11.8 Å². The van der Waals surface area contributed by atoms with Gasteiger partial charge >= 0.3 is 0 Å². The van der Waals surface area contributed by atoms with E-state index in [9.17, 15) is 13.6 Å². The Morgan fingerprint density at radius 1 is 1.21 bits per heavy atom. The summed E-state index contributed by atoms with van der Waals surface area (Å²) in [6.07, 6.45) is 7.61. The number of nitrogens with one attached hydrogen (secondary N) is 1. The van der Waals surface area contributed by atoms with E-state index in [-0.39, 0.29) is 6.23 Å². The zero-order valence-electron chi connectivity index (χ0n) is 21.8. The molecule has 0 saturated carbocycles. The number of nitrogens with zero attached hydrogens (tertiary/aromatic N) is 6. The lowest BCUT2D eigenvalue weighted by Crippen LogP contribution is -2.29. The molecular weight excluding hydrogens is 504 g/mol. The van der Waals surface area contributed by atoms with Crippen molar-refractivity contribution in [1.29, 1.82) is 0 Å². The molecule has 5 heterocycles. The molecule has 6 rings (SSSR count). The fourth-order valence-electron chi connectivity index (χ4n) is 5.51. The van der Waals surface area contributed by atoms with Crippen molar-refractivity contribution in [3.8, 4) is 11.4 Å². The number of benzene rings is 1. The van der Waals surface area contributed by atoms with Gasteiger partial charge in [-0.1, -0.05) is 12.1 Å². The van der Waals surface area contributed by atoms with E-state index in [1.54, 1.807) is 23.9 Å². The molecule has 2 fully saturated rings. The van der Waals surface area contributed by atoms with Crippen molar-refractivity contribution in [1.82, 2.24) is 29.6 Å². The van der Waals surface area contributed by atoms with E-state index in [0.717, 1.165) is 61.2 Å². The van der Waals surface area contributed by atoms with Crippen molar-refractivity contribution in [3.05, 3.63) is 60.2 Å². The van der Waals surface area contributed by atoms with Gasteiger partial charge in [-0.25, -0.2) is 23.4 Å². The molecule has 0 aliphatic carbocycles. The van der Waals surface area contributed by atoms with E-state index < -0.39 is 18.9 Å². The maximum atomic E-state index is 12.5. The summed E-state index contributed by atoms with van der Waals surface area (Å²) in [5.74, 6) is 1.29. The van der Waals surface area contributed by atoms with Crippen LogP contribution in [0.1, 0.15) is 53.9 Å². The fraction of sp³-hybridized carbons (Fsp3) is 0.429. The molecule has 1 amide bonds. The Balaban J connectivity index is 1.18. The van der Waals surface area contributed by atoms with Crippen LogP contribution in [0.4, 0.5) is 14.6 Å². The van der Waals surface area contributed by atoms with E-state index in [1.807, 2.05) is 35.1 Å². The van der Waals surface area contributed by atoms with Gasteiger partial charge in [0.1, 0.15) is 17.7 Å². The number of halogens is 2. The van der Waals surface area contributed by atoms with Gasteiger partial charge in [-0.05, 0) is 49.4 Å². The van der Waals surface area contributed by atoms with Gasteiger partial charge < -0.3 is 19.5 Å². The molecule has 9 nitrogen and oxygen atoms in total. The second-order valence-electron chi connectivity index (χ2n) is 10.2. The van der Waals surface area contributed by atoms with Gasteiger partial charge in [0.25, 0.3) is 12.3 Å². The van der Waals surface area contributed by atoms with Crippen LogP contribution in [0, 0.1) is 0 Å². The number of amides is 1. The molecule has 4 aromatic rings. The molecule has 11 heteroatoms. The van der Waals surface area contributed by atoms with Gasteiger partial charge in [0.05, 0.1) is 12.7 Å².